The lowest BCUT2D eigenvalue weighted by Crippen LogP contribution is -2.26. The number of sulfonamides is 1. The smallest absolute Gasteiger partial charge is 0.243 e. The highest BCUT2D eigenvalue weighted by molar-refractivity contribution is 7.90. The Labute approximate surface area is 154 Å². The summed E-state index contributed by atoms with van der Waals surface area (Å²) in [6.45, 7) is 0.0866. The van der Waals surface area contributed by atoms with Gasteiger partial charge in [0.05, 0.1) is 24.0 Å². The number of nitrogens with zero attached hydrogens (tertiary/aromatic N) is 1. The van der Waals surface area contributed by atoms with Gasteiger partial charge >= 0.3 is 0 Å². The van der Waals surface area contributed by atoms with Crippen LogP contribution < -0.4 is 9.47 Å². The Morgan fingerprint density at radius 3 is 1.96 bits per heavy atom. The highest BCUT2D eigenvalue weighted by Crippen LogP contribution is 2.27. The van der Waals surface area contributed by atoms with E-state index in [1.54, 1.807) is 18.2 Å². The molecule has 0 unspecified atom stereocenters. The summed E-state index contributed by atoms with van der Waals surface area (Å²) in [5, 5.41) is 0. The predicted octanol–water partition coefficient (Wildman–Crippen LogP) is 1.93. The zero-order chi connectivity index (χ0) is 19.5. The van der Waals surface area contributed by atoms with Gasteiger partial charge in [0.25, 0.3) is 0 Å². The molecule has 0 amide bonds. The van der Waals surface area contributed by atoms with Crippen molar-refractivity contribution in [1.29, 1.82) is 0 Å². The molecule has 0 saturated heterocycles. The fourth-order valence-electron chi connectivity index (χ4n) is 2.35. The minimum absolute atomic E-state index is 0.0138. The lowest BCUT2D eigenvalue weighted by atomic mass is 10.2. The van der Waals surface area contributed by atoms with Gasteiger partial charge in [-0.1, -0.05) is 6.07 Å². The first-order valence-corrected chi connectivity index (χ1v) is 10.9. The van der Waals surface area contributed by atoms with E-state index in [-0.39, 0.29) is 16.3 Å². The second-order valence-electron chi connectivity index (χ2n) is 5.68. The SMILES string of the molecule is COc1ccc(CN(C)S(=O)(=O)c2ccc(S(C)(=O)=O)cc2)c(OC)c1. The van der Waals surface area contributed by atoms with E-state index in [1.165, 1.54) is 49.8 Å². The molecule has 26 heavy (non-hydrogen) atoms. The molecule has 0 N–H and O–H groups in total. The number of ether oxygens (including phenoxy) is 2. The van der Waals surface area contributed by atoms with E-state index in [4.69, 9.17) is 9.47 Å². The van der Waals surface area contributed by atoms with E-state index in [2.05, 4.69) is 0 Å². The fourth-order valence-corrected chi connectivity index (χ4v) is 4.13. The van der Waals surface area contributed by atoms with Crippen LogP contribution in [-0.4, -0.2) is 48.7 Å². The predicted molar refractivity (Wildman–Crippen MR) is 97.8 cm³/mol. The van der Waals surface area contributed by atoms with E-state index in [0.29, 0.717) is 17.1 Å². The maximum Gasteiger partial charge on any atom is 0.243 e. The summed E-state index contributed by atoms with van der Waals surface area (Å²) in [6.07, 6.45) is 1.07. The van der Waals surface area contributed by atoms with Crippen LogP contribution in [-0.2, 0) is 26.4 Å². The lowest BCUT2D eigenvalue weighted by Gasteiger charge is -2.19. The molecule has 0 spiro atoms. The molecule has 142 valence electrons. The minimum Gasteiger partial charge on any atom is -0.497 e. The molecule has 2 aromatic rings. The van der Waals surface area contributed by atoms with Gasteiger partial charge in [-0.25, -0.2) is 16.8 Å². The van der Waals surface area contributed by atoms with Gasteiger partial charge in [0.15, 0.2) is 9.84 Å². The Morgan fingerprint density at radius 2 is 1.46 bits per heavy atom. The molecule has 0 aliphatic heterocycles. The topological polar surface area (TPSA) is 90.0 Å². The van der Waals surface area contributed by atoms with Crippen LogP contribution in [0.2, 0.25) is 0 Å². The van der Waals surface area contributed by atoms with Gasteiger partial charge in [0.2, 0.25) is 10.0 Å². The molecule has 0 fully saturated rings. The summed E-state index contributed by atoms with van der Waals surface area (Å²) in [5.74, 6) is 1.12. The Bertz CT molecular complexity index is 982. The van der Waals surface area contributed by atoms with Gasteiger partial charge in [0, 0.05) is 31.5 Å². The van der Waals surface area contributed by atoms with Crippen molar-refractivity contribution < 1.29 is 26.3 Å². The van der Waals surface area contributed by atoms with Crippen LogP contribution in [0.25, 0.3) is 0 Å². The maximum atomic E-state index is 12.7. The first-order chi connectivity index (χ1) is 12.1. The molecule has 0 aliphatic carbocycles. The largest absolute Gasteiger partial charge is 0.497 e. The number of rotatable bonds is 7. The number of hydrogen-bond donors (Lipinski definition) is 0. The molecular weight excluding hydrogens is 378 g/mol. The molecule has 2 aromatic carbocycles. The second kappa shape index (κ2) is 7.65. The van der Waals surface area contributed by atoms with Gasteiger partial charge in [-0.15, -0.1) is 0 Å². The summed E-state index contributed by atoms with van der Waals surface area (Å²) in [5.41, 5.74) is 0.673. The summed E-state index contributed by atoms with van der Waals surface area (Å²) >= 11 is 0. The van der Waals surface area contributed by atoms with Crippen molar-refractivity contribution in [3.05, 3.63) is 48.0 Å². The van der Waals surface area contributed by atoms with Crippen LogP contribution in [0.1, 0.15) is 5.56 Å². The average Bonchev–Trinajstić information content (AvgIpc) is 2.61. The maximum absolute atomic E-state index is 12.7. The minimum atomic E-state index is -3.79. The third-order valence-corrected chi connectivity index (χ3v) is 6.79. The Hall–Kier alpha value is -2.10. The first-order valence-electron chi connectivity index (χ1n) is 7.57. The van der Waals surface area contributed by atoms with Crippen LogP contribution in [0.3, 0.4) is 0 Å². The van der Waals surface area contributed by atoms with Gasteiger partial charge in [-0.05, 0) is 30.3 Å². The monoisotopic (exact) mass is 399 g/mol. The van der Waals surface area contributed by atoms with E-state index >= 15 is 0 Å². The lowest BCUT2D eigenvalue weighted by molar-refractivity contribution is 0.384. The van der Waals surface area contributed by atoms with Gasteiger partial charge in [-0.2, -0.15) is 4.31 Å². The van der Waals surface area contributed by atoms with Crippen molar-refractivity contribution in [2.75, 3.05) is 27.5 Å². The summed E-state index contributed by atoms with van der Waals surface area (Å²) in [6, 6.07) is 10.3. The molecule has 0 heterocycles. The van der Waals surface area contributed by atoms with Crippen molar-refractivity contribution in [3.8, 4) is 11.5 Å². The molecule has 2 rings (SSSR count). The van der Waals surface area contributed by atoms with Gasteiger partial charge < -0.3 is 9.47 Å². The molecule has 0 aromatic heterocycles. The number of sulfone groups is 1. The Balaban J connectivity index is 2.29. The summed E-state index contributed by atoms with van der Waals surface area (Å²) in [7, 11) is -2.70. The molecule has 0 bridgehead atoms. The summed E-state index contributed by atoms with van der Waals surface area (Å²) < 4.78 is 60.1. The third kappa shape index (κ3) is 4.35. The van der Waals surface area contributed by atoms with Crippen molar-refractivity contribution in [1.82, 2.24) is 4.31 Å². The van der Waals surface area contributed by atoms with Crippen molar-refractivity contribution >= 4 is 19.9 Å². The molecule has 7 nitrogen and oxygen atoms in total. The van der Waals surface area contributed by atoms with Crippen LogP contribution in [0.15, 0.2) is 52.3 Å². The van der Waals surface area contributed by atoms with E-state index in [0.717, 1.165) is 6.26 Å². The zero-order valence-electron chi connectivity index (χ0n) is 15.0. The van der Waals surface area contributed by atoms with Gasteiger partial charge in [0.1, 0.15) is 11.5 Å². The third-order valence-electron chi connectivity index (χ3n) is 3.85. The summed E-state index contributed by atoms with van der Waals surface area (Å²) in [4.78, 5) is 0.0794. The quantitative estimate of drug-likeness (QED) is 0.707. The Kier molecular flexibility index (Phi) is 5.94. The van der Waals surface area contributed by atoms with Gasteiger partial charge in [-0.3, -0.25) is 0 Å². The second-order valence-corrected chi connectivity index (χ2v) is 9.74. The fraction of sp³-hybridized carbons (Fsp3) is 0.294. The van der Waals surface area contributed by atoms with Crippen LogP contribution in [0.5, 0.6) is 11.5 Å². The zero-order valence-corrected chi connectivity index (χ0v) is 16.6. The molecular formula is C17H21NO6S2. The number of benzene rings is 2. The average molecular weight is 399 g/mol. The van der Waals surface area contributed by atoms with Crippen LogP contribution in [0.4, 0.5) is 0 Å². The molecule has 0 atom stereocenters. The highest BCUT2D eigenvalue weighted by Gasteiger charge is 2.22. The van der Waals surface area contributed by atoms with E-state index in [1.807, 2.05) is 0 Å². The number of hydrogen-bond acceptors (Lipinski definition) is 6. The highest BCUT2D eigenvalue weighted by atomic mass is 32.2. The van der Waals surface area contributed by atoms with Crippen LogP contribution >= 0.6 is 0 Å². The van der Waals surface area contributed by atoms with E-state index < -0.39 is 19.9 Å². The molecule has 0 saturated carbocycles. The van der Waals surface area contributed by atoms with Crippen molar-refractivity contribution in [3.63, 3.8) is 0 Å². The van der Waals surface area contributed by atoms with Crippen molar-refractivity contribution in [2.24, 2.45) is 0 Å². The standard InChI is InChI=1S/C17H21NO6S2/c1-18(12-13-5-6-14(23-2)11-17(13)24-3)26(21,22)16-9-7-15(8-10-16)25(4,19)20/h5-11H,12H2,1-4H3. The Morgan fingerprint density at radius 1 is 0.885 bits per heavy atom. The molecule has 0 radical (unpaired) electrons. The van der Waals surface area contributed by atoms with Crippen LogP contribution in [0, 0.1) is 0 Å². The molecule has 0 aliphatic rings. The normalized spacial score (nSPS) is 12.2. The van der Waals surface area contributed by atoms with Crippen molar-refractivity contribution in [2.45, 2.75) is 16.3 Å². The van der Waals surface area contributed by atoms with E-state index in [9.17, 15) is 16.8 Å². The first kappa shape index (κ1) is 20.2. The number of methoxy groups -OCH3 is 2. The molecule has 9 heteroatoms.